The molecule has 0 saturated carbocycles. The third-order valence-corrected chi connectivity index (χ3v) is 5.07. The number of ether oxygens (including phenoxy) is 2. The van der Waals surface area contributed by atoms with Gasteiger partial charge in [-0.2, -0.15) is 4.98 Å². The van der Waals surface area contributed by atoms with Gasteiger partial charge >= 0.3 is 0 Å². The minimum absolute atomic E-state index is 0.0511. The lowest BCUT2D eigenvalue weighted by atomic mass is 10.1. The van der Waals surface area contributed by atoms with E-state index in [4.69, 9.17) is 14.0 Å². The molecule has 2 aromatic carbocycles. The highest BCUT2D eigenvalue weighted by Gasteiger charge is 2.19. The predicted molar refractivity (Wildman–Crippen MR) is 108 cm³/mol. The average molecular weight is 393 g/mol. The molecular formula is C22H23N3O4. The van der Waals surface area contributed by atoms with Crippen molar-refractivity contribution in [3.8, 4) is 34.3 Å². The molecule has 1 amide bonds. The van der Waals surface area contributed by atoms with Crippen molar-refractivity contribution in [2.75, 3.05) is 27.3 Å². The number of piperidine rings is 1. The second kappa shape index (κ2) is 8.34. The average Bonchev–Trinajstić information content (AvgIpc) is 3.29. The van der Waals surface area contributed by atoms with Crippen molar-refractivity contribution in [3.05, 3.63) is 48.0 Å². The van der Waals surface area contributed by atoms with Crippen LogP contribution in [0.2, 0.25) is 0 Å². The molecule has 3 aromatic rings. The molecule has 4 rings (SSSR count). The number of hydrogen-bond donors (Lipinski definition) is 0. The van der Waals surface area contributed by atoms with Gasteiger partial charge in [-0.3, -0.25) is 4.79 Å². The summed E-state index contributed by atoms with van der Waals surface area (Å²) in [7, 11) is 3.16. The quantitative estimate of drug-likeness (QED) is 0.651. The zero-order valence-corrected chi connectivity index (χ0v) is 16.6. The molecule has 1 aliphatic heterocycles. The van der Waals surface area contributed by atoms with Gasteiger partial charge in [0.25, 0.3) is 11.8 Å². The summed E-state index contributed by atoms with van der Waals surface area (Å²) in [5.41, 5.74) is 2.10. The Hall–Kier alpha value is -3.35. The lowest BCUT2D eigenvalue weighted by Crippen LogP contribution is -2.35. The molecule has 0 spiro atoms. The van der Waals surface area contributed by atoms with Gasteiger partial charge in [-0.15, -0.1) is 0 Å². The molecule has 1 aliphatic rings. The maximum absolute atomic E-state index is 12.8. The lowest BCUT2D eigenvalue weighted by molar-refractivity contribution is 0.0724. The normalized spacial score (nSPS) is 13.9. The number of nitrogens with zero attached hydrogens (tertiary/aromatic N) is 3. The van der Waals surface area contributed by atoms with Crippen molar-refractivity contribution >= 4 is 5.91 Å². The van der Waals surface area contributed by atoms with Crippen LogP contribution < -0.4 is 9.47 Å². The van der Waals surface area contributed by atoms with E-state index in [2.05, 4.69) is 10.1 Å². The molecule has 1 fully saturated rings. The summed E-state index contributed by atoms with van der Waals surface area (Å²) in [6, 6.07) is 12.8. The zero-order valence-electron chi connectivity index (χ0n) is 16.6. The van der Waals surface area contributed by atoms with Crippen molar-refractivity contribution in [3.63, 3.8) is 0 Å². The Bertz CT molecular complexity index is 1010. The second-order valence-corrected chi connectivity index (χ2v) is 6.93. The van der Waals surface area contributed by atoms with E-state index in [9.17, 15) is 4.79 Å². The number of aromatic nitrogens is 2. The van der Waals surface area contributed by atoms with Crippen LogP contribution in [-0.2, 0) is 0 Å². The number of likely N-dealkylation sites (tertiary alicyclic amines) is 1. The lowest BCUT2D eigenvalue weighted by Gasteiger charge is -2.26. The number of methoxy groups -OCH3 is 2. The van der Waals surface area contributed by atoms with E-state index in [1.807, 2.05) is 35.2 Å². The number of carbonyl (C=O) groups is 1. The van der Waals surface area contributed by atoms with Crippen LogP contribution in [0.15, 0.2) is 47.0 Å². The third-order valence-electron chi connectivity index (χ3n) is 5.07. The zero-order chi connectivity index (χ0) is 20.2. The number of hydrogen-bond acceptors (Lipinski definition) is 6. The summed E-state index contributed by atoms with van der Waals surface area (Å²) in [4.78, 5) is 19.2. The van der Waals surface area contributed by atoms with E-state index in [-0.39, 0.29) is 5.91 Å². The molecular weight excluding hydrogens is 370 g/mol. The van der Waals surface area contributed by atoms with Gasteiger partial charge in [0, 0.05) is 29.8 Å². The molecule has 7 heteroatoms. The van der Waals surface area contributed by atoms with Crippen molar-refractivity contribution in [2.24, 2.45) is 0 Å². The maximum atomic E-state index is 12.8. The fourth-order valence-electron chi connectivity index (χ4n) is 3.50. The molecule has 1 aromatic heterocycles. The number of carbonyl (C=O) groups excluding carboxylic acids is 1. The molecule has 1 saturated heterocycles. The Kier molecular flexibility index (Phi) is 5.46. The van der Waals surface area contributed by atoms with E-state index >= 15 is 0 Å². The van der Waals surface area contributed by atoms with Crippen LogP contribution in [0, 0.1) is 0 Å². The van der Waals surface area contributed by atoms with Gasteiger partial charge in [-0.25, -0.2) is 0 Å². The smallest absolute Gasteiger partial charge is 0.258 e. The highest BCUT2D eigenvalue weighted by molar-refractivity contribution is 5.95. The standard InChI is InChI=1S/C22H23N3O4/c1-27-18-10-9-16(14-19(18)28-2)21-23-20(24-29-21)15-7-6-8-17(13-15)22(26)25-11-4-3-5-12-25/h6-10,13-14H,3-5,11-12H2,1-2H3. The molecule has 0 bridgehead atoms. The fourth-order valence-corrected chi connectivity index (χ4v) is 3.50. The fraction of sp³-hybridized carbons (Fsp3) is 0.318. The van der Waals surface area contributed by atoms with Crippen LogP contribution >= 0.6 is 0 Å². The monoisotopic (exact) mass is 393 g/mol. The molecule has 0 atom stereocenters. The summed E-state index contributed by atoms with van der Waals surface area (Å²) in [5.74, 6) is 2.06. The van der Waals surface area contributed by atoms with E-state index < -0.39 is 0 Å². The highest BCUT2D eigenvalue weighted by atomic mass is 16.5. The topological polar surface area (TPSA) is 77.7 Å². The summed E-state index contributed by atoms with van der Waals surface area (Å²) in [6.07, 6.45) is 3.31. The molecule has 0 radical (unpaired) electrons. The van der Waals surface area contributed by atoms with Gasteiger partial charge < -0.3 is 18.9 Å². The summed E-state index contributed by atoms with van der Waals surface area (Å²) in [5, 5.41) is 4.09. The molecule has 0 aliphatic carbocycles. The molecule has 7 nitrogen and oxygen atoms in total. The van der Waals surface area contributed by atoms with Crippen LogP contribution in [0.4, 0.5) is 0 Å². The predicted octanol–water partition coefficient (Wildman–Crippen LogP) is 4.05. The Labute approximate surface area is 169 Å². The van der Waals surface area contributed by atoms with Crippen molar-refractivity contribution in [1.29, 1.82) is 0 Å². The summed E-state index contributed by atoms with van der Waals surface area (Å²) < 4.78 is 16.0. The van der Waals surface area contributed by atoms with E-state index in [1.54, 1.807) is 26.4 Å². The second-order valence-electron chi connectivity index (χ2n) is 6.93. The Morgan fingerprint density at radius 1 is 0.966 bits per heavy atom. The van der Waals surface area contributed by atoms with Crippen molar-refractivity contribution in [2.45, 2.75) is 19.3 Å². The minimum Gasteiger partial charge on any atom is -0.493 e. The number of benzene rings is 2. The molecule has 2 heterocycles. The summed E-state index contributed by atoms with van der Waals surface area (Å²) >= 11 is 0. The van der Waals surface area contributed by atoms with Crippen LogP contribution in [0.1, 0.15) is 29.6 Å². The first-order chi connectivity index (χ1) is 14.2. The van der Waals surface area contributed by atoms with Gasteiger partial charge in [0.15, 0.2) is 11.5 Å². The van der Waals surface area contributed by atoms with Crippen molar-refractivity contribution in [1.82, 2.24) is 15.0 Å². The summed E-state index contributed by atoms with van der Waals surface area (Å²) in [6.45, 7) is 1.63. The molecule has 0 N–H and O–H groups in total. The van der Waals surface area contributed by atoms with E-state index in [0.717, 1.165) is 37.1 Å². The van der Waals surface area contributed by atoms with Gasteiger partial charge in [0.2, 0.25) is 5.82 Å². The molecule has 0 unspecified atom stereocenters. The molecule has 150 valence electrons. The van der Waals surface area contributed by atoms with E-state index in [1.165, 1.54) is 6.42 Å². The highest BCUT2D eigenvalue weighted by Crippen LogP contribution is 2.32. The minimum atomic E-state index is 0.0511. The Balaban J connectivity index is 1.59. The number of amides is 1. The van der Waals surface area contributed by atoms with Crippen molar-refractivity contribution < 1.29 is 18.8 Å². The van der Waals surface area contributed by atoms with Crippen LogP contribution in [0.5, 0.6) is 11.5 Å². The van der Waals surface area contributed by atoms with Gasteiger partial charge in [0.1, 0.15) is 0 Å². The third kappa shape index (κ3) is 3.94. The van der Waals surface area contributed by atoms with Crippen LogP contribution in [0.25, 0.3) is 22.8 Å². The largest absolute Gasteiger partial charge is 0.493 e. The van der Waals surface area contributed by atoms with Gasteiger partial charge in [-0.05, 0) is 49.6 Å². The molecule has 29 heavy (non-hydrogen) atoms. The first kappa shape index (κ1) is 19.0. The van der Waals surface area contributed by atoms with Crippen LogP contribution in [0.3, 0.4) is 0 Å². The number of rotatable bonds is 5. The maximum Gasteiger partial charge on any atom is 0.258 e. The van der Waals surface area contributed by atoms with E-state index in [0.29, 0.717) is 28.8 Å². The van der Waals surface area contributed by atoms with Gasteiger partial charge in [0.05, 0.1) is 14.2 Å². The Morgan fingerprint density at radius 3 is 2.52 bits per heavy atom. The Morgan fingerprint density at radius 2 is 1.76 bits per heavy atom. The van der Waals surface area contributed by atoms with Gasteiger partial charge in [-0.1, -0.05) is 17.3 Å². The van der Waals surface area contributed by atoms with Crippen LogP contribution in [-0.4, -0.2) is 48.3 Å². The first-order valence-corrected chi connectivity index (χ1v) is 9.65. The SMILES string of the molecule is COc1ccc(-c2nc(-c3cccc(C(=O)N4CCCCC4)c3)no2)cc1OC. The first-order valence-electron chi connectivity index (χ1n) is 9.65.